The fourth-order valence-electron chi connectivity index (χ4n) is 2.61. The molecule has 0 atom stereocenters. The summed E-state index contributed by atoms with van der Waals surface area (Å²) in [5.74, 6) is 1.31. The fraction of sp³-hybridized carbons (Fsp3) is 0.111. The quantitative estimate of drug-likeness (QED) is 0.598. The van der Waals surface area contributed by atoms with Crippen LogP contribution < -0.4 is 14.4 Å². The largest absolute Gasteiger partial charge is 0.454 e. The van der Waals surface area contributed by atoms with Gasteiger partial charge in [-0.05, 0) is 48.4 Å². The van der Waals surface area contributed by atoms with E-state index in [9.17, 15) is 4.79 Å². The van der Waals surface area contributed by atoms with Gasteiger partial charge in [0, 0.05) is 0 Å². The molecular weight excluding hydrogens is 342 g/mol. The number of ether oxygens (including phenoxy) is 2. The van der Waals surface area contributed by atoms with Gasteiger partial charge in [-0.3, -0.25) is 9.69 Å². The lowest BCUT2D eigenvalue weighted by molar-refractivity contribution is -0.113. The molecule has 0 aliphatic carbocycles. The zero-order chi connectivity index (χ0) is 16.7. The van der Waals surface area contributed by atoms with Gasteiger partial charge in [-0.15, -0.1) is 0 Å². The summed E-state index contributed by atoms with van der Waals surface area (Å²) < 4.78 is 11.2. The second kappa shape index (κ2) is 5.96. The van der Waals surface area contributed by atoms with Gasteiger partial charge in [0.25, 0.3) is 5.91 Å². The maximum atomic E-state index is 12.8. The van der Waals surface area contributed by atoms with E-state index in [0.29, 0.717) is 15.0 Å². The molecule has 2 aliphatic rings. The van der Waals surface area contributed by atoms with Crippen LogP contribution >= 0.6 is 24.0 Å². The number of fused-ring (bicyclic) bond motifs is 1. The molecule has 2 aliphatic heterocycles. The average Bonchev–Trinajstić information content (AvgIpc) is 3.12. The Morgan fingerprint density at radius 3 is 2.83 bits per heavy atom. The van der Waals surface area contributed by atoms with Gasteiger partial charge in [0.1, 0.15) is 0 Å². The van der Waals surface area contributed by atoms with Gasteiger partial charge < -0.3 is 9.47 Å². The Morgan fingerprint density at radius 2 is 2.00 bits per heavy atom. The summed E-state index contributed by atoms with van der Waals surface area (Å²) in [5.41, 5.74) is 2.76. The Morgan fingerprint density at radius 1 is 1.17 bits per heavy atom. The molecule has 0 unspecified atom stereocenters. The van der Waals surface area contributed by atoms with Crippen molar-refractivity contribution in [2.45, 2.75) is 6.92 Å². The Kier molecular flexibility index (Phi) is 3.78. The number of hydrogen-bond acceptors (Lipinski definition) is 5. The van der Waals surface area contributed by atoms with Crippen LogP contribution in [0.5, 0.6) is 11.5 Å². The van der Waals surface area contributed by atoms with Crippen LogP contribution in [0.4, 0.5) is 5.69 Å². The van der Waals surface area contributed by atoms with Gasteiger partial charge in [-0.25, -0.2) is 0 Å². The molecule has 4 rings (SSSR count). The predicted molar refractivity (Wildman–Crippen MR) is 99.4 cm³/mol. The number of benzene rings is 2. The van der Waals surface area contributed by atoms with Crippen LogP contribution in [0, 0.1) is 6.92 Å². The van der Waals surface area contributed by atoms with E-state index < -0.39 is 0 Å². The van der Waals surface area contributed by atoms with Crippen molar-refractivity contribution in [1.29, 1.82) is 0 Å². The van der Waals surface area contributed by atoms with Gasteiger partial charge in [-0.2, -0.15) is 0 Å². The lowest BCUT2D eigenvalue weighted by Crippen LogP contribution is -2.27. The van der Waals surface area contributed by atoms with Gasteiger partial charge in [0.15, 0.2) is 15.8 Å². The van der Waals surface area contributed by atoms with E-state index in [1.54, 1.807) is 4.90 Å². The third-order valence-corrected chi connectivity index (χ3v) is 5.05. The van der Waals surface area contributed by atoms with E-state index in [4.69, 9.17) is 21.7 Å². The third-order valence-electron chi connectivity index (χ3n) is 3.75. The molecule has 6 heteroatoms. The van der Waals surface area contributed by atoms with Gasteiger partial charge in [0.05, 0.1) is 10.6 Å². The summed E-state index contributed by atoms with van der Waals surface area (Å²) in [6, 6.07) is 13.4. The van der Waals surface area contributed by atoms with Crippen LogP contribution in [0.1, 0.15) is 11.1 Å². The Labute approximate surface area is 149 Å². The molecule has 4 nitrogen and oxygen atoms in total. The number of carbonyl (C=O) groups is 1. The van der Waals surface area contributed by atoms with E-state index >= 15 is 0 Å². The van der Waals surface area contributed by atoms with Crippen molar-refractivity contribution in [3.8, 4) is 11.5 Å². The molecule has 0 N–H and O–H groups in total. The lowest BCUT2D eigenvalue weighted by Gasteiger charge is -2.14. The lowest BCUT2D eigenvalue weighted by atomic mass is 10.1. The molecule has 1 fully saturated rings. The van der Waals surface area contributed by atoms with E-state index in [1.165, 1.54) is 11.8 Å². The van der Waals surface area contributed by atoms with E-state index in [0.717, 1.165) is 22.6 Å². The first kappa shape index (κ1) is 15.2. The minimum atomic E-state index is -0.103. The standard InChI is InChI=1S/C18H13NO3S2/c1-11-3-2-4-13(7-11)19-17(20)16(24-18(19)23)9-12-5-6-14-15(8-12)22-10-21-14/h2-9H,10H2,1H3. The summed E-state index contributed by atoms with van der Waals surface area (Å²) >= 11 is 6.71. The highest BCUT2D eigenvalue weighted by atomic mass is 32.2. The molecule has 0 radical (unpaired) electrons. The SMILES string of the molecule is Cc1cccc(N2C(=O)C(=Cc3ccc4c(c3)OCO4)SC2=S)c1. The molecule has 0 spiro atoms. The first-order chi connectivity index (χ1) is 11.6. The van der Waals surface area contributed by atoms with Crippen LogP contribution in [0.25, 0.3) is 6.08 Å². The molecule has 0 bridgehead atoms. The number of anilines is 1. The summed E-state index contributed by atoms with van der Waals surface area (Å²) in [7, 11) is 0. The number of carbonyl (C=O) groups excluding carboxylic acids is 1. The molecule has 2 heterocycles. The molecule has 2 aromatic carbocycles. The average molecular weight is 355 g/mol. The number of aryl methyl sites for hydroxylation is 1. The first-order valence-electron chi connectivity index (χ1n) is 7.36. The molecule has 0 aromatic heterocycles. The van der Waals surface area contributed by atoms with Crippen LogP contribution in [0.3, 0.4) is 0 Å². The number of amides is 1. The van der Waals surface area contributed by atoms with Crippen LogP contribution in [0.15, 0.2) is 47.4 Å². The maximum Gasteiger partial charge on any atom is 0.270 e. The van der Waals surface area contributed by atoms with Gasteiger partial charge in [0.2, 0.25) is 6.79 Å². The molecule has 120 valence electrons. The van der Waals surface area contributed by atoms with Crippen molar-refractivity contribution >= 4 is 46.0 Å². The van der Waals surface area contributed by atoms with E-state index in [1.807, 2.05) is 55.5 Å². The van der Waals surface area contributed by atoms with Crippen molar-refractivity contribution in [2.24, 2.45) is 0 Å². The summed E-state index contributed by atoms with van der Waals surface area (Å²) in [6.45, 7) is 2.22. The highest BCUT2D eigenvalue weighted by molar-refractivity contribution is 8.27. The zero-order valence-electron chi connectivity index (χ0n) is 12.8. The van der Waals surface area contributed by atoms with Crippen molar-refractivity contribution < 1.29 is 14.3 Å². The Balaban J connectivity index is 1.66. The summed E-state index contributed by atoms with van der Waals surface area (Å²) in [6.07, 6.45) is 1.83. The van der Waals surface area contributed by atoms with Crippen LogP contribution in [-0.2, 0) is 4.79 Å². The van der Waals surface area contributed by atoms with Crippen molar-refractivity contribution in [3.05, 3.63) is 58.5 Å². The van der Waals surface area contributed by atoms with E-state index in [-0.39, 0.29) is 12.7 Å². The summed E-state index contributed by atoms with van der Waals surface area (Å²) in [4.78, 5) is 14.9. The minimum Gasteiger partial charge on any atom is -0.454 e. The number of rotatable bonds is 2. The zero-order valence-corrected chi connectivity index (χ0v) is 14.4. The summed E-state index contributed by atoms with van der Waals surface area (Å²) in [5, 5.41) is 0. The third kappa shape index (κ3) is 2.68. The number of thioether (sulfide) groups is 1. The molecule has 24 heavy (non-hydrogen) atoms. The molecule has 0 saturated carbocycles. The Hall–Kier alpha value is -2.31. The van der Waals surface area contributed by atoms with Crippen LogP contribution in [-0.4, -0.2) is 17.0 Å². The highest BCUT2D eigenvalue weighted by Crippen LogP contribution is 2.38. The monoisotopic (exact) mass is 355 g/mol. The van der Waals surface area contributed by atoms with Gasteiger partial charge in [-0.1, -0.05) is 42.2 Å². The van der Waals surface area contributed by atoms with Crippen molar-refractivity contribution in [2.75, 3.05) is 11.7 Å². The number of hydrogen-bond donors (Lipinski definition) is 0. The minimum absolute atomic E-state index is 0.103. The fourth-order valence-corrected chi connectivity index (χ4v) is 3.91. The topological polar surface area (TPSA) is 38.8 Å². The highest BCUT2D eigenvalue weighted by Gasteiger charge is 2.33. The second-order valence-corrected chi connectivity index (χ2v) is 7.14. The second-order valence-electron chi connectivity index (χ2n) is 5.47. The maximum absolute atomic E-state index is 12.8. The normalized spacial score (nSPS) is 17.9. The van der Waals surface area contributed by atoms with Gasteiger partial charge >= 0.3 is 0 Å². The van der Waals surface area contributed by atoms with Crippen molar-refractivity contribution in [3.63, 3.8) is 0 Å². The molecule has 2 aromatic rings. The number of nitrogens with zero attached hydrogens (tertiary/aromatic N) is 1. The smallest absolute Gasteiger partial charge is 0.270 e. The molecular formula is C18H13NO3S2. The van der Waals surface area contributed by atoms with Crippen molar-refractivity contribution in [1.82, 2.24) is 0 Å². The molecule has 1 amide bonds. The molecule has 1 saturated heterocycles. The van der Waals surface area contributed by atoms with E-state index in [2.05, 4.69) is 0 Å². The Bertz CT molecular complexity index is 892. The van der Waals surface area contributed by atoms with Crippen LogP contribution in [0.2, 0.25) is 0 Å². The predicted octanol–water partition coefficient (Wildman–Crippen LogP) is 4.13. The first-order valence-corrected chi connectivity index (χ1v) is 8.58. The number of thiocarbonyl (C=S) groups is 1.